The average molecular weight is 358 g/mol. The Bertz CT molecular complexity index is 1040. The lowest BCUT2D eigenvalue weighted by Gasteiger charge is -2.18. The molecule has 0 aliphatic carbocycles. The Kier molecular flexibility index (Phi) is 4.40. The fraction of sp³-hybridized carbons (Fsp3) is 0.217. The van der Waals surface area contributed by atoms with Crippen molar-refractivity contribution < 1.29 is 9.59 Å². The molecule has 2 amide bonds. The van der Waals surface area contributed by atoms with E-state index in [0.29, 0.717) is 6.54 Å². The van der Waals surface area contributed by atoms with Crippen LogP contribution in [0.15, 0.2) is 60.7 Å². The SMILES string of the molecule is Cc1ccc(C)c(NC(=O)C2CC(=O)N(c3ccc4ccccc4c3)C2)c1. The summed E-state index contributed by atoms with van der Waals surface area (Å²) in [5.74, 6) is -0.449. The molecule has 1 unspecified atom stereocenters. The summed E-state index contributed by atoms with van der Waals surface area (Å²) in [7, 11) is 0. The van der Waals surface area contributed by atoms with Crippen LogP contribution >= 0.6 is 0 Å². The minimum absolute atomic E-state index is 0.00797. The minimum Gasteiger partial charge on any atom is -0.326 e. The van der Waals surface area contributed by atoms with Crippen LogP contribution in [-0.4, -0.2) is 18.4 Å². The normalized spacial score (nSPS) is 16.7. The molecule has 0 bridgehead atoms. The number of aryl methyl sites for hydroxylation is 2. The third-order valence-electron chi connectivity index (χ3n) is 5.19. The highest BCUT2D eigenvalue weighted by Crippen LogP contribution is 2.29. The number of rotatable bonds is 3. The quantitative estimate of drug-likeness (QED) is 0.752. The van der Waals surface area contributed by atoms with E-state index < -0.39 is 0 Å². The van der Waals surface area contributed by atoms with Gasteiger partial charge in [-0.25, -0.2) is 0 Å². The Morgan fingerprint density at radius 1 is 1.00 bits per heavy atom. The zero-order chi connectivity index (χ0) is 19.0. The summed E-state index contributed by atoms with van der Waals surface area (Å²) in [5, 5.41) is 5.22. The fourth-order valence-electron chi connectivity index (χ4n) is 3.58. The fourth-order valence-corrected chi connectivity index (χ4v) is 3.58. The van der Waals surface area contributed by atoms with Crippen molar-refractivity contribution in [1.82, 2.24) is 0 Å². The number of amides is 2. The molecule has 1 aliphatic rings. The van der Waals surface area contributed by atoms with Gasteiger partial charge in [-0.3, -0.25) is 9.59 Å². The second-order valence-corrected chi connectivity index (χ2v) is 7.24. The first kappa shape index (κ1) is 17.3. The van der Waals surface area contributed by atoms with Crippen LogP contribution in [0.25, 0.3) is 10.8 Å². The van der Waals surface area contributed by atoms with E-state index >= 15 is 0 Å². The van der Waals surface area contributed by atoms with E-state index in [2.05, 4.69) is 5.32 Å². The van der Waals surface area contributed by atoms with E-state index in [4.69, 9.17) is 0 Å². The largest absolute Gasteiger partial charge is 0.326 e. The van der Waals surface area contributed by atoms with Crippen LogP contribution in [0, 0.1) is 19.8 Å². The van der Waals surface area contributed by atoms with E-state index in [9.17, 15) is 9.59 Å². The van der Waals surface area contributed by atoms with Gasteiger partial charge >= 0.3 is 0 Å². The molecule has 3 aromatic carbocycles. The Morgan fingerprint density at radius 2 is 1.78 bits per heavy atom. The molecule has 0 radical (unpaired) electrons. The van der Waals surface area contributed by atoms with Gasteiger partial charge in [0.05, 0.1) is 5.92 Å². The number of nitrogens with one attached hydrogen (secondary N) is 1. The van der Waals surface area contributed by atoms with Gasteiger partial charge in [-0.1, -0.05) is 42.5 Å². The minimum atomic E-state index is -0.344. The van der Waals surface area contributed by atoms with Gasteiger partial charge < -0.3 is 10.2 Å². The average Bonchev–Trinajstić information content (AvgIpc) is 3.06. The highest BCUT2D eigenvalue weighted by atomic mass is 16.2. The molecule has 4 nitrogen and oxygen atoms in total. The number of nitrogens with zero attached hydrogens (tertiary/aromatic N) is 1. The van der Waals surface area contributed by atoms with Crippen LogP contribution in [0.1, 0.15) is 17.5 Å². The lowest BCUT2D eigenvalue weighted by molar-refractivity contribution is -0.122. The summed E-state index contributed by atoms with van der Waals surface area (Å²) >= 11 is 0. The van der Waals surface area contributed by atoms with Crippen LogP contribution in [0.5, 0.6) is 0 Å². The molecule has 1 aliphatic heterocycles. The maximum atomic E-state index is 12.7. The lowest BCUT2D eigenvalue weighted by atomic mass is 10.1. The Labute approximate surface area is 158 Å². The molecule has 0 saturated carbocycles. The second kappa shape index (κ2) is 6.88. The number of hydrogen-bond acceptors (Lipinski definition) is 2. The maximum absolute atomic E-state index is 12.7. The maximum Gasteiger partial charge on any atom is 0.229 e. The Morgan fingerprint density at radius 3 is 2.59 bits per heavy atom. The summed E-state index contributed by atoms with van der Waals surface area (Å²) in [6.45, 7) is 4.37. The Hall–Kier alpha value is -3.14. The topological polar surface area (TPSA) is 49.4 Å². The van der Waals surface area contributed by atoms with Crippen LogP contribution < -0.4 is 10.2 Å². The van der Waals surface area contributed by atoms with Crippen molar-refractivity contribution in [3.05, 3.63) is 71.8 Å². The van der Waals surface area contributed by atoms with Gasteiger partial charge in [0.25, 0.3) is 0 Å². The molecule has 1 fully saturated rings. The summed E-state index contributed by atoms with van der Waals surface area (Å²) in [6, 6.07) is 20.0. The van der Waals surface area contributed by atoms with Crippen molar-refractivity contribution in [2.24, 2.45) is 5.92 Å². The van der Waals surface area contributed by atoms with E-state index in [1.165, 1.54) is 0 Å². The number of carbonyl (C=O) groups excluding carboxylic acids is 2. The van der Waals surface area contributed by atoms with Crippen LogP contribution in [0.4, 0.5) is 11.4 Å². The van der Waals surface area contributed by atoms with Crippen molar-refractivity contribution in [2.45, 2.75) is 20.3 Å². The molecule has 136 valence electrons. The first-order valence-electron chi connectivity index (χ1n) is 9.18. The highest BCUT2D eigenvalue weighted by Gasteiger charge is 2.35. The van der Waals surface area contributed by atoms with Crippen molar-refractivity contribution in [2.75, 3.05) is 16.8 Å². The Balaban J connectivity index is 1.52. The third kappa shape index (κ3) is 3.43. The molecule has 4 heteroatoms. The molecule has 1 N–H and O–H groups in total. The van der Waals surface area contributed by atoms with E-state index in [-0.39, 0.29) is 24.2 Å². The number of benzene rings is 3. The zero-order valence-electron chi connectivity index (χ0n) is 15.5. The number of carbonyl (C=O) groups is 2. The number of hydrogen-bond donors (Lipinski definition) is 1. The van der Waals surface area contributed by atoms with Gasteiger partial charge in [0.15, 0.2) is 0 Å². The van der Waals surface area contributed by atoms with Crippen molar-refractivity contribution >= 4 is 34.0 Å². The molecule has 3 aromatic rings. The molecule has 1 saturated heterocycles. The summed E-state index contributed by atoms with van der Waals surface area (Å²) in [6.07, 6.45) is 0.240. The van der Waals surface area contributed by atoms with E-state index in [0.717, 1.165) is 33.3 Å². The third-order valence-corrected chi connectivity index (χ3v) is 5.19. The second-order valence-electron chi connectivity index (χ2n) is 7.24. The first-order chi connectivity index (χ1) is 13.0. The molecule has 1 heterocycles. The van der Waals surface area contributed by atoms with Gasteiger partial charge in [0.2, 0.25) is 11.8 Å². The standard InChI is InChI=1S/C23H22N2O2/c1-15-7-8-16(2)21(11-15)24-23(27)19-13-22(26)25(14-19)20-10-9-17-5-3-4-6-18(17)12-20/h3-12,19H,13-14H2,1-2H3,(H,24,27). The van der Waals surface area contributed by atoms with Gasteiger partial charge in [-0.05, 0) is 53.9 Å². The van der Waals surface area contributed by atoms with E-state index in [1.807, 2.05) is 74.5 Å². The summed E-state index contributed by atoms with van der Waals surface area (Å²) < 4.78 is 0. The molecule has 0 spiro atoms. The van der Waals surface area contributed by atoms with Crippen molar-refractivity contribution in [3.63, 3.8) is 0 Å². The predicted molar refractivity (Wildman–Crippen MR) is 109 cm³/mol. The molecular formula is C23H22N2O2. The first-order valence-corrected chi connectivity index (χ1v) is 9.18. The molecule has 1 atom stereocenters. The summed E-state index contributed by atoms with van der Waals surface area (Å²) in [4.78, 5) is 27.0. The van der Waals surface area contributed by atoms with Crippen LogP contribution in [0.2, 0.25) is 0 Å². The zero-order valence-corrected chi connectivity index (χ0v) is 15.5. The van der Waals surface area contributed by atoms with Crippen molar-refractivity contribution in [1.29, 1.82) is 0 Å². The molecule has 27 heavy (non-hydrogen) atoms. The van der Waals surface area contributed by atoms with Gasteiger partial charge in [-0.15, -0.1) is 0 Å². The van der Waals surface area contributed by atoms with Crippen LogP contribution in [-0.2, 0) is 9.59 Å². The smallest absolute Gasteiger partial charge is 0.229 e. The summed E-state index contributed by atoms with van der Waals surface area (Å²) in [5.41, 5.74) is 3.78. The number of anilines is 2. The van der Waals surface area contributed by atoms with Gasteiger partial charge in [0.1, 0.15) is 0 Å². The highest BCUT2D eigenvalue weighted by molar-refractivity contribution is 6.04. The molecule has 0 aromatic heterocycles. The van der Waals surface area contributed by atoms with Crippen molar-refractivity contribution in [3.8, 4) is 0 Å². The van der Waals surface area contributed by atoms with Gasteiger partial charge in [-0.2, -0.15) is 0 Å². The van der Waals surface area contributed by atoms with Gasteiger partial charge in [0, 0.05) is 24.3 Å². The lowest BCUT2D eigenvalue weighted by Crippen LogP contribution is -2.28. The molecule has 4 rings (SSSR count). The van der Waals surface area contributed by atoms with E-state index in [1.54, 1.807) is 4.90 Å². The van der Waals surface area contributed by atoms with Crippen LogP contribution in [0.3, 0.4) is 0 Å². The monoisotopic (exact) mass is 358 g/mol. The molecular weight excluding hydrogens is 336 g/mol. The number of fused-ring (bicyclic) bond motifs is 1. The predicted octanol–water partition coefficient (Wildman–Crippen LogP) is 4.45.